The maximum atomic E-state index is 12.7. The second kappa shape index (κ2) is 9.68. The van der Waals surface area contributed by atoms with Crippen LogP contribution in [0.25, 0.3) is 21.3 Å². The zero-order chi connectivity index (χ0) is 24.4. The molecule has 0 radical (unpaired) electrons. The van der Waals surface area contributed by atoms with E-state index in [0.29, 0.717) is 19.4 Å². The van der Waals surface area contributed by atoms with Gasteiger partial charge in [0.2, 0.25) is 11.8 Å². The molecule has 4 N–H and O–H groups in total. The van der Waals surface area contributed by atoms with Crippen molar-refractivity contribution >= 4 is 39.5 Å². The van der Waals surface area contributed by atoms with Gasteiger partial charge in [-0.25, -0.2) is 4.79 Å². The van der Waals surface area contributed by atoms with E-state index < -0.39 is 30.0 Å². The minimum atomic E-state index is -1.15. The van der Waals surface area contributed by atoms with Crippen LogP contribution >= 0.6 is 11.3 Å². The molecule has 4 rings (SSSR count). The molecule has 1 saturated heterocycles. The van der Waals surface area contributed by atoms with Crippen LogP contribution < -0.4 is 15.9 Å². The number of carboxylic acid groups (broad SMARTS) is 1. The number of aryl methyl sites for hydroxylation is 1. The van der Waals surface area contributed by atoms with E-state index in [1.807, 2.05) is 42.5 Å². The van der Waals surface area contributed by atoms with Crippen molar-refractivity contribution in [2.24, 2.45) is 12.8 Å². The van der Waals surface area contributed by atoms with Crippen LogP contribution in [0, 0.1) is 0 Å². The summed E-state index contributed by atoms with van der Waals surface area (Å²) in [4.78, 5) is 49.2. The molecule has 0 spiro atoms. The molecule has 2 aromatic carbocycles. The number of carbonyl (C=O) groups is 3. The highest BCUT2D eigenvalue weighted by atomic mass is 32.1. The van der Waals surface area contributed by atoms with Gasteiger partial charge in [0.05, 0.1) is 10.2 Å². The van der Waals surface area contributed by atoms with Crippen molar-refractivity contribution in [3.63, 3.8) is 0 Å². The summed E-state index contributed by atoms with van der Waals surface area (Å²) in [6.45, 7) is 0.293. The Bertz CT molecular complexity index is 1300. The summed E-state index contributed by atoms with van der Waals surface area (Å²) < 4.78 is 2.53. The molecule has 1 aromatic heterocycles. The van der Waals surface area contributed by atoms with E-state index in [-0.39, 0.29) is 11.3 Å². The predicted octanol–water partition coefficient (Wildman–Crippen LogP) is 2.31. The Balaban J connectivity index is 1.47. The highest BCUT2D eigenvalue weighted by Crippen LogP contribution is 2.26. The fourth-order valence-corrected chi connectivity index (χ4v) is 5.22. The molecule has 2 heterocycles. The average molecular weight is 483 g/mol. The van der Waals surface area contributed by atoms with Gasteiger partial charge in [-0.2, -0.15) is 0 Å². The Morgan fingerprint density at radius 3 is 2.53 bits per heavy atom. The molecule has 0 saturated carbocycles. The molecule has 3 aromatic rings. The number of aromatic nitrogens is 1. The SMILES string of the molecule is Cn1c(=O)sc2cc(-c3ccc(C[C@H](NC(=O)C4CCCCN4C(=O)O)C(N)=O)cc3)ccc21. The van der Waals surface area contributed by atoms with Crippen molar-refractivity contribution < 1.29 is 19.5 Å². The molecule has 1 unspecified atom stereocenters. The summed E-state index contributed by atoms with van der Waals surface area (Å²) in [5.41, 5.74) is 9.14. The van der Waals surface area contributed by atoms with E-state index in [0.717, 1.165) is 38.2 Å². The van der Waals surface area contributed by atoms with Gasteiger partial charge in [0, 0.05) is 20.0 Å². The molecule has 10 heteroatoms. The zero-order valence-electron chi connectivity index (χ0n) is 18.7. The molecule has 34 heavy (non-hydrogen) atoms. The summed E-state index contributed by atoms with van der Waals surface area (Å²) in [5.74, 6) is -1.18. The Morgan fingerprint density at radius 2 is 1.85 bits per heavy atom. The maximum Gasteiger partial charge on any atom is 0.407 e. The van der Waals surface area contributed by atoms with Crippen LogP contribution in [0.3, 0.4) is 0 Å². The first kappa shape index (κ1) is 23.5. The molecular weight excluding hydrogens is 456 g/mol. The third-order valence-corrected chi connectivity index (χ3v) is 7.23. The number of nitrogens with two attached hydrogens (primary N) is 1. The first-order chi connectivity index (χ1) is 16.2. The number of fused-ring (bicyclic) bond motifs is 1. The van der Waals surface area contributed by atoms with Gasteiger partial charge in [-0.1, -0.05) is 41.7 Å². The lowest BCUT2D eigenvalue weighted by Gasteiger charge is -2.33. The maximum absolute atomic E-state index is 12.7. The summed E-state index contributed by atoms with van der Waals surface area (Å²) in [7, 11) is 1.75. The molecule has 9 nitrogen and oxygen atoms in total. The van der Waals surface area contributed by atoms with Crippen molar-refractivity contribution in [2.75, 3.05) is 6.54 Å². The smallest absolute Gasteiger partial charge is 0.407 e. The second-order valence-corrected chi connectivity index (χ2v) is 9.45. The Kier molecular flexibility index (Phi) is 6.69. The quantitative estimate of drug-likeness (QED) is 0.496. The molecule has 178 valence electrons. The lowest BCUT2D eigenvalue weighted by molar-refractivity contribution is -0.131. The number of hydrogen-bond acceptors (Lipinski definition) is 5. The van der Waals surface area contributed by atoms with E-state index in [4.69, 9.17) is 5.73 Å². The van der Waals surface area contributed by atoms with Gasteiger partial charge >= 0.3 is 11.0 Å². The van der Waals surface area contributed by atoms with E-state index in [2.05, 4.69) is 5.32 Å². The number of thiazole rings is 1. The standard InChI is InChI=1S/C24H26N4O5S/c1-27-18-10-9-16(13-20(18)34-24(27)33)15-7-5-14(6-8-15)12-17(21(25)29)26-22(30)19-4-2-3-11-28(19)23(31)32/h5-10,13,17,19H,2-4,11-12H2,1H3,(H2,25,29)(H,26,30)(H,31,32)/t17-,19?/m0/s1. The number of nitrogens with zero attached hydrogens (tertiary/aromatic N) is 2. The number of nitrogens with one attached hydrogen (secondary N) is 1. The lowest BCUT2D eigenvalue weighted by atomic mass is 9.99. The Hall–Kier alpha value is -3.66. The zero-order valence-corrected chi connectivity index (χ0v) is 19.5. The topological polar surface area (TPSA) is 135 Å². The van der Waals surface area contributed by atoms with Crippen LogP contribution in [-0.2, 0) is 23.1 Å². The number of rotatable bonds is 6. The largest absolute Gasteiger partial charge is 0.465 e. The minimum Gasteiger partial charge on any atom is -0.465 e. The molecule has 1 fully saturated rings. The number of carbonyl (C=O) groups excluding carboxylic acids is 2. The average Bonchev–Trinajstić information content (AvgIpc) is 3.11. The highest BCUT2D eigenvalue weighted by molar-refractivity contribution is 7.16. The second-order valence-electron chi connectivity index (χ2n) is 8.46. The third-order valence-electron chi connectivity index (χ3n) is 6.23. The molecule has 2 atom stereocenters. The van der Waals surface area contributed by atoms with Gasteiger partial charge in [-0.3, -0.25) is 19.3 Å². The fraction of sp³-hybridized carbons (Fsp3) is 0.333. The Morgan fingerprint density at radius 1 is 1.15 bits per heavy atom. The van der Waals surface area contributed by atoms with Crippen molar-refractivity contribution in [3.8, 4) is 11.1 Å². The van der Waals surface area contributed by atoms with Gasteiger partial charge in [-0.05, 0) is 48.1 Å². The number of likely N-dealkylation sites (tertiary alicyclic amines) is 1. The van der Waals surface area contributed by atoms with Crippen LogP contribution in [0.5, 0.6) is 0 Å². The van der Waals surface area contributed by atoms with Gasteiger partial charge in [0.1, 0.15) is 12.1 Å². The van der Waals surface area contributed by atoms with Crippen LogP contribution in [-0.4, -0.2) is 51.1 Å². The van der Waals surface area contributed by atoms with Crippen molar-refractivity contribution in [3.05, 3.63) is 57.7 Å². The van der Waals surface area contributed by atoms with Gasteiger partial charge in [-0.15, -0.1) is 0 Å². The molecule has 3 amide bonds. The normalized spacial score (nSPS) is 16.9. The van der Waals surface area contributed by atoms with Crippen LogP contribution in [0.15, 0.2) is 47.3 Å². The molecule has 0 bridgehead atoms. The number of amides is 3. The van der Waals surface area contributed by atoms with Crippen LogP contribution in [0.4, 0.5) is 4.79 Å². The van der Waals surface area contributed by atoms with E-state index in [1.54, 1.807) is 11.6 Å². The van der Waals surface area contributed by atoms with Crippen LogP contribution in [0.2, 0.25) is 0 Å². The lowest BCUT2D eigenvalue weighted by Crippen LogP contribution is -2.56. The monoisotopic (exact) mass is 482 g/mol. The Labute approximate surface area is 199 Å². The van der Waals surface area contributed by atoms with E-state index in [9.17, 15) is 24.3 Å². The summed E-state index contributed by atoms with van der Waals surface area (Å²) in [5, 5.41) is 12.0. The van der Waals surface area contributed by atoms with E-state index in [1.165, 1.54) is 11.3 Å². The third kappa shape index (κ3) is 4.81. The summed E-state index contributed by atoms with van der Waals surface area (Å²) in [6.07, 6.45) is 0.916. The van der Waals surface area contributed by atoms with Crippen molar-refractivity contribution in [2.45, 2.75) is 37.8 Å². The predicted molar refractivity (Wildman–Crippen MR) is 130 cm³/mol. The van der Waals surface area contributed by atoms with Gasteiger partial charge in [0.15, 0.2) is 0 Å². The first-order valence-corrected chi connectivity index (χ1v) is 11.8. The minimum absolute atomic E-state index is 0.0123. The van der Waals surface area contributed by atoms with Gasteiger partial charge in [0.25, 0.3) is 0 Å². The molecule has 0 aliphatic carbocycles. The van der Waals surface area contributed by atoms with Crippen LogP contribution in [0.1, 0.15) is 24.8 Å². The summed E-state index contributed by atoms with van der Waals surface area (Å²) in [6, 6.07) is 11.6. The number of hydrogen-bond donors (Lipinski definition) is 3. The first-order valence-electron chi connectivity index (χ1n) is 11.0. The number of piperidine rings is 1. The number of benzene rings is 2. The molecular formula is C24H26N4O5S. The van der Waals surface area contributed by atoms with Crippen molar-refractivity contribution in [1.82, 2.24) is 14.8 Å². The summed E-state index contributed by atoms with van der Waals surface area (Å²) >= 11 is 1.20. The number of primary amides is 1. The van der Waals surface area contributed by atoms with E-state index >= 15 is 0 Å². The molecule has 1 aliphatic heterocycles. The van der Waals surface area contributed by atoms with Gasteiger partial charge < -0.3 is 20.7 Å². The van der Waals surface area contributed by atoms with Crippen molar-refractivity contribution in [1.29, 1.82) is 0 Å². The highest BCUT2D eigenvalue weighted by Gasteiger charge is 2.33. The fourth-order valence-electron chi connectivity index (χ4n) is 4.31. The molecule has 1 aliphatic rings.